The molecule has 3 aromatic rings. The molecule has 1 aromatic carbocycles. The number of carbonyl (C=O) groups is 2. The first-order chi connectivity index (χ1) is 12.0. The maximum absolute atomic E-state index is 12.3. The Bertz CT molecular complexity index is 865. The number of nitrogens with zero attached hydrogens (tertiary/aromatic N) is 1. The van der Waals surface area contributed by atoms with Gasteiger partial charge in [0, 0.05) is 30.2 Å². The van der Waals surface area contributed by atoms with E-state index in [1.54, 1.807) is 0 Å². The van der Waals surface area contributed by atoms with Crippen molar-refractivity contribution in [2.45, 2.75) is 6.54 Å². The van der Waals surface area contributed by atoms with Crippen molar-refractivity contribution in [2.75, 3.05) is 19.0 Å². The van der Waals surface area contributed by atoms with E-state index in [4.69, 9.17) is 0 Å². The molecule has 0 aliphatic rings. The number of nitrogens with one attached hydrogen (secondary N) is 1. The lowest BCUT2D eigenvalue weighted by atomic mass is 10.2. The molecule has 0 saturated heterocycles. The molecule has 6 heteroatoms. The van der Waals surface area contributed by atoms with Gasteiger partial charge < -0.3 is 10.2 Å². The second-order valence-corrected chi connectivity index (χ2v) is 7.81. The maximum atomic E-state index is 12.3. The molecular formula is C19H18N2O2S2. The Labute approximate surface area is 154 Å². The fourth-order valence-electron chi connectivity index (χ4n) is 2.30. The van der Waals surface area contributed by atoms with Gasteiger partial charge in [-0.15, -0.1) is 22.7 Å². The zero-order valence-corrected chi connectivity index (χ0v) is 15.6. The molecule has 25 heavy (non-hydrogen) atoms. The highest BCUT2D eigenvalue weighted by Crippen LogP contribution is 2.22. The number of carbonyl (C=O) groups excluding carboxylic acids is 2. The third-order valence-electron chi connectivity index (χ3n) is 3.70. The smallest absolute Gasteiger partial charge is 0.251 e. The van der Waals surface area contributed by atoms with E-state index in [-0.39, 0.29) is 11.7 Å². The Morgan fingerprint density at radius 3 is 2.40 bits per heavy atom. The van der Waals surface area contributed by atoms with E-state index in [2.05, 4.69) is 5.32 Å². The van der Waals surface area contributed by atoms with Gasteiger partial charge in [0.2, 0.25) is 5.78 Å². The van der Waals surface area contributed by atoms with Crippen LogP contribution in [0, 0.1) is 0 Å². The van der Waals surface area contributed by atoms with Gasteiger partial charge in [-0.25, -0.2) is 0 Å². The summed E-state index contributed by atoms with van der Waals surface area (Å²) in [5.74, 6) is -0.0818. The molecule has 0 atom stereocenters. The molecule has 0 spiro atoms. The van der Waals surface area contributed by atoms with E-state index in [9.17, 15) is 9.59 Å². The highest BCUT2D eigenvalue weighted by Gasteiger charge is 2.13. The summed E-state index contributed by atoms with van der Waals surface area (Å²) in [6, 6.07) is 14.9. The number of anilines is 1. The highest BCUT2D eigenvalue weighted by atomic mass is 32.1. The number of thiophene rings is 2. The van der Waals surface area contributed by atoms with Crippen LogP contribution in [0.1, 0.15) is 29.8 Å². The molecule has 1 N–H and O–H groups in total. The fourth-order valence-corrected chi connectivity index (χ4v) is 3.95. The van der Waals surface area contributed by atoms with Crippen molar-refractivity contribution in [1.29, 1.82) is 0 Å². The fraction of sp³-hybridized carbons (Fsp3) is 0.158. The van der Waals surface area contributed by atoms with Crippen LogP contribution in [-0.2, 0) is 6.54 Å². The minimum Gasteiger partial charge on any atom is -0.378 e. The summed E-state index contributed by atoms with van der Waals surface area (Å²) in [4.78, 5) is 28.9. The first-order valence-electron chi connectivity index (χ1n) is 7.77. The SMILES string of the molecule is CN(C)c1ccc(C(=O)NCc2ccc(C(=O)c3cccs3)s2)cc1. The van der Waals surface area contributed by atoms with Gasteiger partial charge in [0.15, 0.2) is 0 Å². The van der Waals surface area contributed by atoms with Crippen molar-refractivity contribution in [3.05, 3.63) is 74.1 Å². The molecule has 0 aliphatic heterocycles. The van der Waals surface area contributed by atoms with Gasteiger partial charge in [0.05, 0.1) is 16.3 Å². The van der Waals surface area contributed by atoms with E-state index in [1.165, 1.54) is 22.7 Å². The largest absolute Gasteiger partial charge is 0.378 e. The van der Waals surface area contributed by atoms with E-state index in [0.717, 1.165) is 15.4 Å². The monoisotopic (exact) mass is 370 g/mol. The van der Waals surface area contributed by atoms with Crippen molar-refractivity contribution >= 4 is 40.1 Å². The molecule has 0 fully saturated rings. The number of hydrogen-bond acceptors (Lipinski definition) is 5. The molecule has 2 aromatic heterocycles. The molecule has 128 valence electrons. The lowest BCUT2D eigenvalue weighted by Crippen LogP contribution is -2.22. The lowest BCUT2D eigenvalue weighted by Gasteiger charge is -2.12. The summed E-state index contributed by atoms with van der Waals surface area (Å²) >= 11 is 2.86. The van der Waals surface area contributed by atoms with E-state index in [0.29, 0.717) is 17.0 Å². The number of benzene rings is 1. The Morgan fingerprint density at radius 1 is 1.00 bits per heavy atom. The summed E-state index contributed by atoms with van der Waals surface area (Å²) in [5.41, 5.74) is 1.67. The van der Waals surface area contributed by atoms with E-state index < -0.39 is 0 Å². The van der Waals surface area contributed by atoms with Crippen molar-refractivity contribution in [3.63, 3.8) is 0 Å². The summed E-state index contributed by atoms with van der Waals surface area (Å²) in [5, 5.41) is 4.79. The van der Waals surface area contributed by atoms with Crippen molar-refractivity contribution < 1.29 is 9.59 Å². The average Bonchev–Trinajstić information content (AvgIpc) is 3.31. The van der Waals surface area contributed by atoms with Gasteiger partial charge >= 0.3 is 0 Å². The molecule has 1 amide bonds. The number of hydrogen-bond donors (Lipinski definition) is 1. The zero-order valence-electron chi connectivity index (χ0n) is 14.0. The van der Waals surface area contributed by atoms with E-state index >= 15 is 0 Å². The van der Waals surface area contributed by atoms with Crippen LogP contribution < -0.4 is 10.2 Å². The number of ketones is 1. The Morgan fingerprint density at radius 2 is 1.76 bits per heavy atom. The van der Waals surface area contributed by atoms with Crippen LogP contribution in [0.15, 0.2) is 53.9 Å². The van der Waals surface area contributed by atoms with Gasteiger partial charge in [-0.1, -0.05) is 6.07 Å². The highest BCUT2D eigenvalue weighted by molar-refractivity contribution is 7.16. The molecule has 4 nitrogen and oxygen atoms in total. The van der Waals surface area contributed by atoms with Crippen molar-refractivity contribution in [3.8, 4) is 0 Å². The Kier molecular flexibility index (Phi) is 5.31. The first kappa shape index (κ1) is 17.4. The van der Waals surface area contributed by atoms with E-state index in [1.807, 2.05) is 72.9 Å². The third kappa shape index (κ3) is 4.15. The predicted molar refractivity (Wildman–Crippen MR) is 104 cm³/mol. The Balaban J connectivity index is 1.60. The Hall–Kier alpha value is -2.44. The van der Waals surface area contributed by atoms with Crippen LogP contribution in [-0.4, -0.2) is 25.8 Å². The van der Waals surface area contributed by atoms with Crippen LogP contribution in [0.25, 0.3) is 0 Å². The normalized spacial score (nSPS) is 10.5. The minimum absolute atomic E-state index is 0.0388. The minimum atomic E-state index is -0.121. The summed E-state index contributed by atoms with van der Waals surface area (Å²) < 4.78 is 0. The van der Waals surface area contributed by atoms with Crippen LogP contribution in [0.2, 0.25) is 0 Å². The third-order valence-corrected chi connectivity index (χ3v) is 5.65. The van der Waals surface area contributed by atoms with Gasteiger partial charge in [0.1, 0.15) is 0 Å². The standard InChI is InChI=1S/C19H18N2O2S2/c1-21(2)14-7-5-13(6-8-14)19(23)20-12-15-9-10-17(25-15)18(22)16-4-3-11-24-16/h3-11H,12H2,1-2H3,(H,20,23). The molecule has 0 saturated carbocycles. The quantitative estimate of drug-likeness (QED) is 0.666. The van der Waals surface area contributed by atoms with Crippen molar-refractivity contribution in [2.24, 2.45) is 0 Å². The van der Waals surface area contributed by atoms with Crippen LogP contribution >= 0.6 is 22.7 Å². The molecule has 0 aliphatic carbocycles. The van der Waals surface area contributed by atoms with Gasteiger partial charge in [-0.2, -0.15) is 0 Å². The summed E-state index contributed by atoms with van der Waals surface area (Å²) in [7, 11) is 3.92. The molecule has 2 heterocycles. The molecule has 3 rings (SSSR count). The second-order valence-electron chi connectivity index (χ2n) is 5.70. The van der Waals surface area contributed by atoms with Gasteiger partial charge in [-0.05, 0) is 47.8 Å². The lowest BCUT2D eigenvalue weighted by molar-refractivity contribution is 0.0950. The second kappa shape index (κ2) is 7.63. The van der Waals surface area contributed by atoms with Crippen LogP contribution in [0.3, 0.4) is 0 Å². The first-order valence-corrected chi connectivity index (χ1v) is 9.47. The summed E-state index contributed by atoms with van der Waals surface area (Å²) in [6.45, 7) is 0.413. The molecule has 0 bridgehead atoms. The predicted octanol–water partition coefficient (Wildman–Crippen LogP) is 4.04. The van der Waals surface area contributed by atoms with Crippen LogP contribution in [0.4, 0.5) is 5.69 Å². The average molecular weight is 370 g/mol. The topological polar surface area (TPSA) is 49.4 Å². The number of rotatable bonds is 6. The molecular weight excluding hydrogens is 352 g/mol. The van der Waals surface area contributed by atoms with Gasteiger partial charge in [-0.3, -0.25) is 9.59 Å². The zero-order chi connectivity index (χ0) is 17.8. The number of amides is 1. The van der Waals surface area contributed by atoms with Gasteiger partial charge in [0.25, 0.3) is 5.91 Å². The molecule has 0 unspecified atom stereocenters. The van der Waals surface area contributed by atoms with Crippen molar-refractivity contribution in [1.82, 2.24) is 5.32 Å². The molecule has 0 radical (unpaired) electrons. The maximum Gasteiger partial charge on any atom is 0.251 e. The summed E-state index contributed by atoms with van der Waals surface area (Å²) in [6.07, 6.45) is 0. The van der Waals surface area contributed by atoms with Crippen LogP contribution in [0.5, 0.6) is 0 Å².